The van der Waals surface area contributed by atoms with Gasteiger partial charge < -0.3 is 20.5 Å². The number of anilines is 1. The third kappa shape index (κ3) is 4.04. The first-order valence-corrected chi connectivity index (χ1v) is 10.0. The number of carbonyl (C=O) groups is 3. The molecule has 0 radical (unpaired) electrons. The lowest BCUT2D eigenvalue weighted by atomic mass is 9.98. The van der Waals surface area contributed by atoms with Crippen molar-refractivity contribution >= 4 is 23.7 Å². The third-order valence-corrected chi connectivity index (χ3v) is 5.36. The molecule has 1 aliphatic rings. The van der Waals surface area contributed by atoms with E-state index in [9.17, 15) is 19.5 Å². The Morgan fingerprint density at radius 2 is 1.69 bits per heavy atom. The van der Waals surface area contributed by atoms with Gasteiger partial charge in [-0.1, -0.05) is 48.5 Å². The number of amides is 2. The van der Waals surface area contributed by atoms with Gasteiger partial charge in [0.05, 0.1) is 5.69 Å². The number of fused-ring (bicyclic) bond motifs is 3. The van der Waals surface area contributed by atoms with Crippen LogP contribution >= 0.6 is 0 Å². The van der Waals surface area contributed by atoms with Crippen LogP contribution in [0.3, 0.4) is 0 Å². The number of aromatic carboxylic acids is 1. The first-order valence-electron chi connectivity index (χ1n) is 10.0. The second-order valence-electron chi connectivity index (χ2n) is 7.55. The van der Waals surface area contributed by atoms with Crippen LogP contribution in [0.5, 0.6) is 0 Å². The number of hydrogen-bond donors (Lipinski definition) is 3. The average Bonchev–Trinajstić information content (AvgIpc) is 3.30. The van der Waals surface area contributed by atoms with Crippen molar-refractivity contribution in [1.29, 1.82) is 0 Å². The number of alkyl carbamates (subject to hydrolysis) is 1. The van der Waals surface area contributed by atoms with Crippen LogP contribution in [0, 0.1) is 0 Å². The van der Waals surface area contributed by atoms with Gasteiger partial charge in [-0.25, -0.2) is 9.59 Å². The number of rotatable bonds is 6. The van der Waals surface area contributed by atoms with E-state index in [1.165, 1.54) is 17.8 Å². The number of aryl methyl sites for hydroxylation is 1. The Morgan fingerprint density at radius 1 is 1.09 bits per heavy atom. The van der Waals surface area contributed by atoms with Gasteiger partial charge in [0, 0.05) is 19.2 Å². The predicted octanol–water partition coefficient (Wildman–Crippen LogP) is 2.98. The lowest BCUT2D eigenvalue weighted by molar-refractivity contribution is -0.117. The predicted molar refractivity (Wildman–Crippen MR) is 116 cm³/mol. The Hall–Kier alpha value is -4.14. The molecule has 0 bridgehead atoms. The molecule has 9 heteroatoms. The fraction of sp³-hybridized carbons (Fsp3) is 0.217. The molecular formula is C23H22N4O5. The molecule has 0 spiro atoms. The standard InChI is InChI=1S/C23H22N4O5/c1-13(21(28)25-19-11-27(2)26-20(19)22(29)30)24-23(31)32-12-18-16-9-5-3-7-14(16)15-8-4-6-10-17(15)18/h3-11,13,18H,12H2,1-2H3,(H,24,31)(H,25,28)(H,29,30)/t13-/m0/s1. The molecule has 0 fully saturated rings. The fourth-order valence-corrected chi connectivity index (χ4v) is 3.86. The Morgan fingerprint density at radius 3 is 2.28 bits per heavy atom. The van der Waals surface area contributed by atoms with Gasteiger partial charge in [0.2, 0.25) is 5.91 Å². The van der Waals surface area contributed by atoms with Crippen molar-refractivity contribution in [1.82, 2.24) is 15.1 Å². The molecular weight excluding hydrogens is 412 g/mol. The van der Waals surface area contributed by atoms with Gasteiger partial charge in [-0.3, -0.25) is 9.48 Å². The topological polar surface area (TPSA) is 123 Å². The van der Waals surface area contributed by atoms with E-state index in [4.69, 9.17) is 4.74 Å². The fourth-order valence-electron chi connectivity index (χ4n) is 3.86. The van der Waals surface area contributed by atoms with Gasteiger partial charge in [0.25, 0.3) is 0 Å². The van der Waals surface area contributed by atoms with Gasteiger partial charge >= 0.3 is 12.1 Å². The van der Waals surface area contributed by atoms with Gasteiger partial charge in [-0.2, -0.15) is 5.10 Å². The molecule has 164 valence electrons. The van der Waals surface area contributed by atoms with Crippen molar-refractivity contribution < 1.29 is 24.2 Å². The van der Waals surface area contributed by atoms with Crippen molar-refractivity contribution in [3.63, 3.8) is 0 Å². The van der Waals surface area contributed by atoms with E-state index in [0.29, 0.717) is 0 Å². The maximum absolute atomic E-state index is 12.4. The zero-order valence-corrected chi connectivity index (χ0v) is 17.5. The molecule has 0 unspecified atom stereocenters. The van der Waals surface area contributed by atoms with Crippen LogP contribution in [0.25, 0.3) is 11.1 Å². The number of benzene rings is 2. The summed E-state index contributed by atoms with van der Waals surface area (Å²) in [5, 5.41) is 17.9. The van der Waals surface area contributed by atoms with Gasteiger partial charge in [-0.15, -0.1) is 0 Å². The van der Waals surface area contributed by atoms with E-state index >= 15 is 0 Å². The molecule has 2 aromatic carbocycles. The van der Waals surface area contributed by atoms with Crippen LogP contribution in [0.15, 0.2) is 54.7 Å². The molecule has 32 heavy (non-hydrogen) atoms. The average molecular weight is 434 g/mol. The number of carbonyl (C=O) groups excluding carboxylic acids is 2. The number of hydrogen-bond acceptors (Lipinski definition) is 5. The molecule has 2 amide bonds. The summed E-state index contributed by atoms with van der Waals surface area (Å²) >= 11 is 0. The number of nitrogens with zero attached hydrogens (tertiary/aromatic N) is 2. The Balaban J connectivity index is 1.37. The maximum atomic E-state index is 12.4. The quantitative estimate of drug-likeness (QED) is 0.548. The molecule has 0 aliphatic heterocycles. The monoisotopic (exact) mass is 434 g/mol. The van der Waals surface area contributed by atoms with Crippen LogP contribution in [0.1, 0.15) is 34.5 Å². The van der Waals surface area contributed by atoms with Crippen LogP contribution in [-0.2, 0) is 16.6 Å². The molecule has 3 N–H and O–H groups in total. The highest BCUT2D eigenvalue weighted by Crippen LogP contribution is 2.44. The van der Waals surface area contributed by atoms with Crippen LogP contribution in [-0.4, -0.2) is 45.5 Å². The lowest BCUT2D eigenvalue weighted by Gasteiger charge is -2.17. The second kappa shape index (κ2) is 8.54. The van der Waals surface area contributed by atoms with Crippen LogP contribution in [0.2, 0.25) is 0 Å². The summed E-state index contributed by atoms with van der Waals surface area (Å²) in [7, 11) is 1.54. The minimum Gasteiger partial charge on any atom is -0.476 e. The maximum Gasteiger partial charge on any atom is 0.407 e. The highest BCUT2D eigenvalue weighted by molar-refractivity contribution is 6.01. The minimum atomic E-state index is -1.27. The summed E-state index contributed by atoms with van der Waals surface area (Å²) in [6.45, 7) is 1.60. The van der Waals surface area contributed by atoms with Gasteiger partial charge in [0.15, 0.2) is 5.69 Å². The molecule has 3 aromatic rings. The summed E-state index contributed by atoms with van der Waals surface area (Å²) in [4.78, 5) is 36.0. The first kappa shape index (κ1) is 21.1. The molecule has 9 nitrogen and oxygen atoms in total. The molecule has 0 saturated carbocycles. The Labute approximate surface area is 184 Å². The number of carboxylic acid groups (broad SMARTS) is 1. The van der Waals surface area contributed by atoms with E-state index in [1.807, 2.05) is 48.5 Å². The molecule has 4 rings (SSSR count). The van der Waals surface area contributed by atoms with Crippen LogP contribution < -0.4 is 10.6 Å². The first-order chi connectivity index (χ1) is 15.3. The van der Waals surface area contributed by atoms with Gasteiger partial charge in [0.1, 0.15) is 12.6 Å². The molecule has 1 aromatic heterocycles. The number of ether oxygens (including phenoxy) is 1. The van der Waals surface area contributed by atoms with Crippen molar-refractivity contribution in [2.24, 2.45) is 7.05 Å². The van der Waals surface area contributed by atoms with E-state index in [-0.39, 0.29) is 23.9 Å². The molecule has 1 atom stereocenters. The summed E-state index contributed by atoms with van der Waals surface area (Å²) in [6, 6.07) is 15.0. The zero-order valence-electron chi connectivity index (χ0n) is 17.5. The molecule has 0 saturated heterocycles. The van der Waals surface area contributed by atoms with Crippen molar-refractivity contribution in [2.75, 3.05) is 11.9 Å². The summed E-state index contributed by atoms with van der Waals surface area (Å²) < 4.78 is 6.72. The zero-order chi connectivity index (χ0) is 22.8. The highest BCUT2D eigenvalue weighted by Gasteiger charge is 2.29. The SMILES string of the molecule is C[C@H](NC(=O)OCC1c2ccccc2-c2ccccc21)C(=O)Nc1cn(C)nc1C(=O)O. The summed E-state index contributed by atoms with van der Waals surface area (Å²) in [5.74, 6) is -1.95. The van der Waals surface area contributed by atoms with Crippen molar-refractivity contribution in [3.8, 4) is 11.1 Å². The van der Waals surface area contributed by atoms with Crippen molar-refractivity contribution in [2.45, 2.75) is 18.9 Å². The van der Waals surface area contributed by atoms with E-state index in [0.717, 1.165) is 22.3 Å². The van der Waals surface area contributed by atoms with Gasteiger partial charge in [-0.05, 0) is 29.2 Å². The third-order valence-electron chi connectivity index (χ3n) is 5.36. The summed E-state index contributed by atoms with van der Waals surface area (Å²) in [5.41, 5.74) is 4.18. The van der Waals surface area contributed by atoms with E-state index in [2.05, 4.69) is 15.7 Å². The normalized spacial score (nSPS) is 13.1. The highest BCUT2D eigenvalue weighted by atomic mass is 16.5. The van der Waals surface area contributed by atoms with Crippen molar-refractivity contribution in [3.05, 3.63) is 71.5 Å². The lowest BCUT2D eigenvalue weighted by Crippen LogP contribution is -2.42. The largest absolute Gasteiger partial charge is 0.476 e. The molecule has 1 aliphatic carbocycles. The second-order valence-corrected chi connectivity index (χ2v) is 7.55. The number of nitrogens with one attached hydrogen (secondary N) is 2. The van der Waals surface area contributed by atoms with E-state index in [1.54, 1.807) is 7.05 Å². The minimum absolute atomic E-state index is 0.0474. The van der Waals surface area contributed by atoms with Crippen LogP contribution in [0.4, 0.5) is 10.5 Å². The Kier molecular flexibility index (Phi) is 5.63. The Bertz CT molecular complexity index is 1160. The molecule has 1 heterocycles. The number of carboxylic acids is 1. The van der Waals surface area contributed by atoms with E-state index < -0.39 is 24.0 Å². The number of aromatic nitrogens is 2. The summed E-state index contributed by atoms with van der Waals surface area (Å²) in [6.07, 6.45) is 0.639. The smallest absolute Gasteiger partial charge is 0.407 e.